The summed E-state index contributed by atoms with van der Waals surface area (Å²) in [4.78, 5) is 25.0. The van der Waals surface area contributed by atoms with E-state index in [9.17, 15) is 24.9 Å². The molecule has 2 aliphatic heterocycles. The van der Waals surface area contributed by atoms with Gasteiger partial charge in [-0.15, -0.1) is 0 Å². The zero-order valence-electron chi connectivity index (χ0n) is 13.0. The highest BCUT2D eigenvalue weighted by molar-refractivity contribution is 6.00. The summed E-state index contributed by atoms with van der Waals surface area (Å²) in [6.07, 6.45) is -1.78. The van der Waals surface area contributed by atoms with E-state index in [1.165, 1.54) is 11.8 Å². The number of nitrogens with zero attached hydrogens (tertiary/aromatic N) is 1. The molecular weight excluding hydrogens is 274 g/mol. The Bertz CT molecular complexity index is 517. The van der Waals surface area contributed by atoms with Gasteiger partial charge in [0, 0.05) is 5.92 Å². The molecule has 6 nitrogen and oxygen atoms in total. The van der Waals surface area contributed by atoms with E-state index in [0.717, 1.165) is 0 Å². The first-order valence-corrected chi connectivity index (χ1v) is 7.16. The number of carbonyl (C=O) groups excluding carboxylic acids is 1. The molecule has 0 aliphatic carbocycles. The van der Waals surface area contributed by atoms with Crippen molar-refractivity contribution in [1.82, 2.24) is 4.90 Å². The Morgan fingerprint density at radius 3 is 2.19 bits per heavy atom. The SMILES string of the molecule is C[C@H]1C([C@H](O)C(C)(C)C)=C(C(=O)O)N2C(=O)[C@H]([C@@H](C)O)C12. The largest absolute Gasteiger partial charge is 0.477 e. The number of carboxylic acids is 1. The van der Waals surface area contributed by atoms with E-state index >= 15 is 0 Å². The molecule has 0 saturated carbocycles. The van der Waals surface area contributed by atoms with Gasteiger partial charge in [0.25, 0.3) is 0 Å². The minimum Gasteiger partial charge on any atom is -0.477 e. The summed E-state index contributed by atoms with van der Waals surface area (Å²) in [6.45, 7) is 8.80. The van der Waals surface area contributed by atoms with Gasteiger partial charge in [0.1, 0.15) is 5.70 Å². The molecular formula is C15H23NO5. The number of hydrogen-bond donors (Lipinski definition) is 3. The van der Waals surface area contributed by atoms with Gasteiger partial charge >= 0.3 is 5.97 Å². The predicted molar refractivity (Wildman–Crippen MR) is 75.1 cm³/mol. The molecule has 2 rings (SSSR count). The number of rotatable bonds is 3. The van der Waals surface area contributed by atoms with Crippen LogP contribution in [0.2, 0.25) is 0 Å². The molecule has 3 N–H and O–H groups in total. The molecule has 0 bridgehead atoms. The Morgan fingerprint density at radius 1 is 1.29 bits per heavy atom. The molecule has 1 unspecified atom stereocenters. The zero-order chi connectivity index (χ0) is 16.3. The van der Waals surface area contributed by atoms with Gasteiger partial charge < -0.3 is 20.2 Å². The second-order valence-electron chi connectivity index (χ2n) is 7.13. The Hall–Kier alpha value is -1.40. The van der Waals surface area contributed by atoms with Crippen molar-refractivity contribution in [2.45, 2.75) is 52.9 Å². The van der Waals surface area contributed by atoms with E-state index in [-0.39, 0.29) is 23.6 Å². The van der Waals surface area contributed by atoms with Crippen molar-refractivity contribution in [3.63, 3.8) is 0 Å². The van der Waals surface area contributed by atoms with Crippen LogP contribution < -0.4 is 0 Å². The van der Waals surface area contributed by atoms with Gasteiger partial charge in [-0.1, -0.05) is 27.7 Å². The molecule has 0 aromatic rings. The van der Waals surface area contributed by atoms with Gasteiger partial charge in [0.05, 0.1) is 24.2 Å². The van der Waals surface area contributed by atoms with Crippen molar-refractivity contribution < 1.29 is 24.9 Å². The smallest absolute Gasteiger partial charge is 0.352 e. The fourth-order valence-electron chi connectivity index (χ4n) is 3.43. The van der Waals surface area contributed by atoms with Crippen molar-refractivity contribution in [2.75, 3.05) is 0 Å². The van der Waals surface area contributed by atoms with E-state index in [4.69, 9.17) is 0 Å². The topological polar surface area (TPSA) is 98.1 Å². The van der Waals surface area contributed by atoms with Crippen molar-refractivity contribution in [3.05, 3.63) is 11.3 Å². The second-order valence-corrected chi connectivity index (χ2v) is 7.13. The van der Waals surface area contributed by atoms with E-state index < -0.39 is 29.5 Å². The predicted octanol–water partition coefficient (Wildman–Crippen LogP) is 0.590. The lowest BCUT2D eigenvalue weighted by atomic mass is 9.74. The molecule has 0 radical (unpaired) electrons. The van der Waals surface area contributed by atoms with E-state index in [1.807, 2.05) is 20.8 Å². The summed E-state index contributed by atoms with van der Waals surface area (Å²) in [5, 5.41) is 29.7. The molecule has 0 aromatic carbocycles. The zero-order valence-corrected chi connectivity index (χ0v) is 13.0. The third-order valence-corrected chi connectivity index (χ3v) is 4.54. The first-order chi connectivity index (χ1) is 9.50. The molecule has 118 valence electrons. The number of aliphatic hydroxyl groups excluding tert-OH is 2. The van der Waals surface area contributed by atoms with Crippen LogP contribution in [0.5, 0.6) is 0 Å². The summed E-state index contributed by atoms with van der Waals surface area (Å²) >= 11 is 0. The Balaban J connectivity index is 2.49. The molecule has 1 saturated heterocycles. The third-order valence-electron chi connectivity index (χ3n) is 4.54. The van der Waals surface area contributed by atoms with Gasteiger partial charge in [0.2, 0.25) is 5.91 Å². The summed E-state index contributed by atoms with van der Waals surface area (Å²) in [5.41, 5.74) is -0.258. The minimum absolute atomic E-state index is 0.114. The monoisotopic (exact) mass is 297 g/mol. The molecule has 2 aliphatic rings. The van der Waals surface area contributed by atoms with Gasteiger partial charge in [-0.2, -0.15) is 0 Å². The maximum Gasteiger partial charge on any atom is 0.352 e. The normalized spacial score (nSPS) is 31.9. The number of hydrogen-bond acceptors (Lipinski definition) is 4. The number of β-lactam (4-membered cyclic amide) rings is 1. The lowest BCUT2D eigenvalue weighted by Gasteiger charge is -2.46. The molecule has 6 heteroatoms. The molecule has 1 amide bonds. The average Bonchev–Trinajstić information content (AvgIpc) is 2.56. The highest BCUT2D eigenvalue weighted by Crippen LogP contribution is 2.49. The molecule has 21 heavy (non-hydrogen) atoms. The van der Waals surface area contributed by atoms with Crippen molar-refractivity contribution >= 4 is 11.9 Å². The summed E-state index contributed by atoms with van der Waals surface area (Å²) in [6, 6.07) is -0.379. The van der Waals surface area contributed by atoms with Crippen molar-refractivity contribution in [2.24, 2.45) is 17.3 Å². The number of aliphatic carboxylic acids is 1. The minimum atomic E-state index is -1.21. The van der Waals surface area contributed by atoms with Crippen LogP contribution in [0.1, 0.15) is 34.6 Å². The Labute approximate surface area is 124 Å². The number of carboxylic acid groups (broad SMARTS) is 1. The van der Waals surface area contributed by atoms with Crippen LogP contribution >= 0.6 is 0 Å². The van der Waals surface area contributed by atoms with Crippen LogP contribution in [-0.2, 0) is 9.59 Å². The van der Waals surface area contributed by atoms with Gasteiger partial charge in [-0.25, -0.2) is 4.79 Å². The standard InChI is InChI=1S/C15H23NO5/c1-6-8(12(18)15(3,4)5)11(14(20)21)16-10(6)9(7(2)17)13(16)19/h6-7,9-10,12,17-18H,1-5H3,(H,20,21)/t6-,7+,9+,10?,12-/m0/s1. The van der Waals surface area contributed by atoms with Crippen molar-refractivity contribution in [3.8, 4) is 0 Å². The van der Waals surface area contributed by atoms with Gasteiger partial charge in [-0.3, -0.25) is 4.79 Å². The lowest BCUT2D eigenvalue weighted by molar-refractivity contribution is -0.163. The third kappa shape index (κ3) is 2.17. The highest BCUT2D eigenvalue weighted by atomic mass is 16.4. The van der Waals surface area contributed by atoms with Crippen LogP contribution in [-0.4, -0.2) is 50.3 Å². The Kier molecular flexibility index (Phi) is 3.66. The van der Waals surface area contributed by atoms with Crippen LogP contribution in [0.3, 0.4) is 0 Å². The maximum absolute atomic E-state index is 12.1. The van der Waals surface area contributed by atoms with Crippen molar-refractivity contribution in [1.29, 1.82) is 0 Å². The quantitative estimate of drug-likeness (QED) is 0.662. The van der Waals surface area contributed by atoms with Gasteiger partial charge in [0.15, 0.2) is 0 Å². The molecule has 0 spiro atoms. The fraction of sp³-hybridized carbons (Fsp3) is 0.733. The van der Waals surface area contributed by atoms with Crippen LogP contribution in [0.25, 0.3) is 0 Å². The summed E-state index contributed by atoms with van der Waals surface area (Å²) in [5.74, 6) is -2.47. The van der Waals surface area contributed by atoms with Crippen LogP contribution in [0.15, 0.2) is 11.3 Å². The molecule has 5 atom stereocenters. The van der Waals surface area contributed by atoms with E-state index in [2.05, 4.69) is 0 Å². The summed E-state index contributed by atoms with van der Waals surface area (Å²) < 4.78 is 0. The first-order valence-electron chi connectivity index (χ1n) is 7.16. The Morgan fingerprint density at radius 2 is 1.81 bits per heavy atom. The number of fused-ring (bicyclic) bond motifs is 1. The highest BCUT2D eigenvalue weighted by Gasteiger charge is 2.61. The summed E-state index contributed by atoms with van der Waals surface area (Å²) in [7, 11) is 0. The molecule has 1 fully saturated rings. The number of aliphatic hydroxyl groups is 2. The number of carbonyl (C=O) groups is 2. The van der Waals surface area contributed by atoms with Crippen LogP contribution in [0.4, 0.5) is 0 Å². The fourth-order valence-corrected chi connectivity index (χ4v) is 3.43. The van der Waals surface area contributed by atoms with E-state index in [0.29, 0.717) is 5.57 Å². The number of amides is 1. The average molecular weight is 297 g/mol. The van der Waals surface area contributed by atoms with Crippen LogP contribution in [0, 0.1) is 17.3 Å². The maximum atomic E-state index is 12.1. The molecule has 0 aromatic heterocycles. The van der Waals surface area contributed by atoms with Gasteiger partial charge in [-0.05, 0) is 17.9 Å². The molecule has 2 heterocycles. The lowest BCUT2D eigenvalue weighted by Crippen LogP contribution is -2.63. The second kappa shape index (κ2) is 4.81. The van der Waals surface area contributed by atoms with E-state index in [1.54, 1.807) is 6.92 Å². The first kappa shape index (κ1) is 16.0.